The Morgan fingerprint density at radius 1 is 1.32 bits per heavy atom. The number of carbonyl (C=O) groups is 1. The standard InChI is InChI=1S/C14H21N3O2/c1-15-6-3-7-17-12-8-11(9-16-2)4-5-13(12)19-10-14(17)18/h4-5,8,15-16H,3,6-7,9-10H2,1-2H3. The van der Waals surface area contributed by atoms with E-state index in [0.29, 0.717) is 0 Å². The van der Waals surface area contributed by atoms with Gasteiger partial charge in [-0.25, -0.2) is 0 Å². The number of hydrogen-bond donors (Lipinski definition) is 2. The van der Waals surface area contributed by atoms with Crippen LogP contribution in [0.25, 0.3) is 0 Å². The smallest absolute Gasteiger partial charge is 0.265 e. The van der Waals surface area contributed by atoms with E-state index >= 15 is 0 Å². The molecule has 0 saturated heterocycles. The second-order valence-corrected chi connectivity index (χ2v) is 4.62. The van der Waals surface area contributed by atoms with Crippen LogP contribution in [0, 0.1) is 0 Å². The van der Waals surface area contributed by atoms with Gasteiger partial charge >= 0.3 is 0 Å². The van der Waals surface area contributed by atoms with E-state index in [2.05, 4.69) is 10.6 Å². The first kappa shape index (κ1) is 13.8. The van der Waals surface area contributed by atoms with Crippen molar-refractivity contribution in [3.8, 4) is 5.75 Å². The summed E-state index contributed by atoms with van der Waals surface area (Å²) in [6.45, 7) is 2.54. The van der Waals surface area contributed by atoms with Crippen molar-refractivity contribution in [1.29, 1.82) is 0 Å². The van der Waals surface area contributed by atoms with Gasteiger partial charge in [-0.2, -0.15) is 0 Å². The second kappa shape index (κ2) is 6.54. The van der Waals surface area contributed by atoms with E-state index in [1.807, 2.05) is 37.2 Å². The van der Waals surface area contributed by atoms with E-state index in [0.717, 1.165) is 43.1 Å². The van der Waals surface area contributed by atoms with Gasteiger partial charge in [0.25, 0.3) is 5.91 Å². The highest BCUT2D eigenvalue weighted by atomic mass is 16.5. The molecule has 0 radical (unpaired) electrons. The van der Waals surface area contributed by atoms with Crippen LogP contribution in [0.2, 0.25) is 0 Å². The third-order valence-corrected chi connectivity index (χ3v) is 3.16. The molecular weight excluding hydrogens is 242 g/mol. The van der Waals surface area contributed by atoms with Crippen LogP contribution in [-0.2, 0) is 11.3 Å². The maximum atomic E-state index is 12.0. The van der Waals surface area contributed by atoms with Gasteiger partial charge in [-0.05, 0) is 44.8 Å². The van der Waals surface area contributed by atoms with Crippen LogP contribution in [0.1, 0.15) is 12.0 Å². The molecule has 19 heavy (non-hydrogen) atoms. The normalized spacial score (nSPS) is 14.2. The van der Waals surface area contributed by atoms with E-state index in [9.17, 15) is 4.79 Å². The molecule has 0 saturated carbocycles. The van der Waals surface area contributed by atoms with Crippen LogP contribution in [0.3, 0.4) is 0 Å². The number of amides is 1. The summed E-state index contributed by atoms with van der Waals surface area (Å²) in [6.07, 6.45) is 0.929. The summed E-state index contributed by atoms with van der Waals surface area (Å²) in [5.74, 6) is 0.828. The average Bonchev–Trinajstić information content (AvgIpc) is 2.42. The average molecular weight is 263 g/mol. The summed E-state index contributed by atoms with van der Waals surface area (Å²) < 4.78 is 5.48. The Labute approximate surface area is 113 Å². The molecule has 1 aromatic carbocycles. The Bertz CT molecular complexity index is 448. The molecule has 1 aliphatic heterocycles. The van der Waals surface area contributed by atoms with Crippen molar-refractivity contribution in [2.45, 2.75) is 13.0 Å². The van der Waals surface area contributed by atoms with Gasteiger partial charge in [-0.3, -0.25) is 4.79 Å². The Morgan fingerprint density at radius 3 is 2.89 bits per heavy atom. The molecule has 5 nitrogen and oxygen atoms in total. The minimum Gasteiger partial charge on any atom is -0.482 e. The Kier molecular flexibility index (Phi) is 4.76. The number of hydrogen-bond acceptors (Lipinski definition) is 4. The number of nitrogens with zero attached hydrogens (tertiary/aromatic N) is 1. The Hall–Kier alpha value is -1.59. The van der Waals surface area contributed by atoms with Crippen molar-refractivity contribution < 1.29 is 9.53 Å². The third kappa shape index (κ3) is 3.24. The molecule has 1 heterocycles. The maximum absolute atomic E-state index is 12.0. The molecule has 1 amide bonds. The van der Waals surface area contributed by atoms with Gasteiger partial charge < -0.3 is 20.3 Å². The number of fused-ring (bicyclic) bond motifs is 1. The fourth-order valence-corrected chi connectivity index (χ4v) is 2.22. The molecule has 0 unspecified atom stereocenters. The molecule has 0 aromatic heterocycles. The predicted octanol–water partition coefficient (Wildman–Crippen LogP) is 0.741. The zero-order valence-electron chi connectivity index (χ0n) is 11.5. The number of nitrogens with one attached hydrogen (secondary N) is 2. The first-order chi connectivity index (χ1) is 9.26. The van der Waals surface area contributed by atoms with Crippen molar-refractivity contribution in [2.24, 2.45) is 0 Å². The van der Waals surface area contributed by atoms with Gasteiger partial charge in [0, 0.05) is 13.1 Å². The van der Waals surface area contributed by atoms with E-state index in [1.165, 1.54) is 0 Å². The molecule has 2 N–H and O–H groups in total. The SMILES string of the molecule is CNCCCN1C(=O)COc2ccc(CNC)cc21. The van der Waals surface area contributed by atoms with E-state index in [4.69, 9.17) is 4.74 Å². The monoisotopic (exact) mass is 263 g/mol. The minimum absolute atomic E-state index is 0.0326. The number of carbonyl (C=O) groups excluding carboxylic acids is 1. The number of ether oxygens (including phenoxy) is 1. The van der Waals surface area contributed by atoms with E-state index < -0.39 is 0 Å². The first-order valence-corrected chi connectivity index (χ1v) is 6.61. The van der Waals surface area contributed by atoms with Gasteiger partial charge in [0.1, 0.15) is 5.75 Å². The van der Waals surface area contributed by atoms with E-state index in [1.54, 1.807) is 0 Å². The molecule has 0 spiro atoms. The van der Waals surface area contributed by atoms with Crippen LogP contribution in [-0.4, -0.2) is 39.7 Å². The second-order valence-electron chi connectivity index (χ2n) is 4.62. The molecule has 0 fully saturated rings. The Morgan fingerprint density at radius 2 is 2.16 bits per heavy atom. The highest BCUT2D eigenvalue weighted by Gasteiger charge is 2.25. The van der Waals surface area contributed by atoms with Gasteiger partial charge in [0.15, 0.2) is 6.61 Å². The van der Waals surface area contributed by atoms with Crippen LogP contribution >= 0.6 is 0 Å². The van der Waals surface area contributed by atoms with Crippen molar-refractivity contribution >= 4 is 11.6 Å². The fraction of sp³-hybridized carbons (Fsp3) is 0.500. The lowest BCUT2D eigenvalue weighted by Crippen LogP contribution is -2.40. The lowest BCUT2D eigenvalue weighted by molar-refractivity contribution is -0.121. The largest absolute Gasteiger partial charge is 0.482 e. The topological polar surface area (TPSA) is 53.6 Å². The van der Waals surface area contributed by atoms with Crippen molar-refractivity contribution in [3.05, 3.63) is 23.8 Å². The number of anilines is 1. The molecule has 2 rings (SSSR count). The summed E-state index contributed by atoms with van der Waals surface area (Å²) >= 11 is 0. The van der Waals surface area contributed by atoms with Gasteiger partial charge in [-0.15, -0.1) is 0 Å². The third-order valence-electron chi connectivity index (χ3n) is 3.16. The van der Waals surface area contributed by atoms with Crippen LogP contribution in [0.4, 0.5) is 5.69 Å². The van der Waals surface area contributed by atoms with Gasteiger partial charge in [0.2, 0.25) is 0 Å². The van der Waals surface area contributed by atoms with Crippen molar-refractivity contribution in [3.63, 3.8) is 0 Å². The molecule has 1 aliphatic rings. The highest BCUT2D eigenvalue weighted by molar-refractivity contribution is 5.97. The molecule has 0 bridgehead atoms. The Balaban J connectivity index is 2.20. The van der Waals surface area contributed by atoms with Gasteiger partial charge in [0.05, 0.1) is 5.69 Å². The molecule has 5 heteroatoms. The zero-order valence-corrected chi connectivity index (χ0v) is 11.5. The minimum atomic E-state index is 0.0326. The summed E-state index contributed by atoms with van der Waals surface area (Å²) in [7, 11) is 3.83. The van der Waals surface area contributed by atoms with Crippen molar-refractivity contribution in [1.82, 2.24) is 10.6 Å². The van der Waals surface area contributed by atoms with Crippen LogP contribution in [0.5, 0.6) is 5.75 Å². The molecule has 0 aliphatic carbocycles. The lowest BCUT2D eigenvalue weighted by atomic mass is 10.1. The summed E-state index contributed by atoms with van der Waals surface area (Å²) in [6, 6.07) is 6.00. The highest BCUT2D eigenvalue weighted by Crippen LogP contribution is 2.33. The summed E-state index contributed by atoms with van der Waals surface area (Å²) in [4.78, 5) is 13.8. The quantitative estimate of drug-likeness (QED) is 0.743. The first-order valence-electron chi connectivity index (χ1n) is 6.61. The summed E-state index contributed by atoms with van der Waals surface area (Å²) in [5.41, 5.74) is 2.04. The predicted molar refractivity (Wildman–Crippen MR) is 75.6 cm³/mol. The number of benzene rings is 1. The molecule has 104 valence electrons. The van der Waals surface area contributed by atoms with Gasteiger partial charge in [-0.1, -0.05) is 6.07 Å². The molecular formula is C14H21N3O2. The van der Waals surface area contributed by atoms with E-state index in [-0.39, 0.29) is 12.5 Å². The van der Waals surface area contributed by atoms with Crippen LogP contribution < -0.4 is 20.3 Å². The maximum Gasteiger partial charge on any atom is 0.265 e. The van der Waals surface area contributed by atoms with Crippen molar-refractivity contribution in [2.75, 3.05) is 38.7 Å². The lowest BCUT2D eigenvalue weighted by Gasteiger charge is -2.30. The summed E-state index contributed by atoms with van der Waals surface area (Å²) in [5, 5.41) is 6.21. The number of rotatable bonds is 6. The van der Waals surface area contributed by atoms with Crippen LogP contribution in [0.15, 0.2) is 18.2 Å². The zero-order chi connectivity index (χ0) is 13.7. The molecule has 0 atom stereocenters. The molecule has 1 aromatic rings. The fourth-order valence-electron chi connectivity index (χ4n) is 2.22.